The van der Waals surface area contributed by atoms with Gasteiger partial charge in [0.25, 0.3) is 5.91 Å². The fourth-order valence-electron chi connectivity index (χ4n) is 4.08. The Hall–Kier alpha value is -2.55. The van der Waals surface area contributed by atoms with Crippen LogP contribution in [0.1, 0.15) is 31.4 Å². The summed E-state index contributed by atoms with van der Waals surface area (Å²) in [5.41, 5.74) is 5.10. The smallest absolute Gasteiger partial charge is 0.257 e. The molecule has 196 valence electrons. The zero-order chi connectivity index (χ0) is 25.9. The molecule has 7 nitrogen and oxygen atoms in total. The fourth-order valence-corrected chi connectivity index (χ4v) is 4.99. The molecule has 0 saturated carbocycles. The topological polar surface area (TPSA) is 73.9 Å². The van der Waals surface area contributed by atoms with Gasteiger partial charge in [-0.3, -0.25) is 19.9 Å². The number of benzene rings is 2. The first-order valence-electron chi connectivity index (χ1n) is 12.7. The van der Waals surface area contributed by atoms with Crippen LogP contribution in [0.15, 0.2) is 54.6 Å². The predicted molar refractivity (Wildman–Crippen MR) is 147 cm³/mol. The minimum Gasteiger partial charge on any atom is -0.489 e. The zero-order valence-corrected chi connectivity index (χ0v) is 22.7. The summed E-state index contributed by atoms with van der Waals surface area (Å²) in [7, 11) is 3.81. The Balaban J connectivity index is 1.67. The van der Waals surface area contributed by atoms with E-state index in [9.17, 15) is 9.59 Å². The van der Waals surface area contributed by atoms with Crippen molar-refractivity contribution in [3.8, 4) is 5.75 Å². The number of amides is 2. The van der Waals surface area contributed by atoms with Gasteiger partial charge in [-0.25, -0.2) is 5.01 Å². The van der Waals surface area contributed by atoms with E-state index >= 15 is 0 Å². The number of nitrogens with one attached hydrogen (secondary N) is 2. The predicted octanol–water partition coefficient (Wildman–Crippen LogP) is 3.35. The van der Waals surface area contributed by atoms with Crippen molar-refractivity contribution in [3.05, 3.63) is 65.7 Å². The van der Waals surface area contributed by atoms with Crippen LogP contribution < -0.4 is 15.5 Å². The second-order valence-electron chi connectivity index (χ2n) is 9.87. The van der Waals surface area contributed by atoms with Gasteiger partial charge >= 0.3 is 0 Å². The van der Waals surface area contributed by atoms with E-state index in [0.717, 1.165) is 47.9 Å². The maximum atomic E-state index is 13.3. The highest BCUT2D eigenvalue weighted by Crippen LogP contribution is 2.17. The average molecular weight is 513 g/mol. The number of hydrogen-bond acceptors (Lipinski definition) is 6. The number of carbonyl (C=O) groups is 2. The number of ether oxygens (including phenoxy) is 1. The Morgan fingerprint density at radius 3 is 2.25 bits per heavy atom. The highest BCUT2D eigenvalue weighted by molar-refractivity contribution is 7.99. The van der Waals surface area contributed by atoms with Crippen molar-refractivity contribution in [2.24, 2.45) is 5.92 Å². The van der Waals surface area contributed by atoms with Crippen LogP contribution in [-0.2, 0) is 22.6 Å². The molecule has 0 aliphatic carbocycles. The molecule has 0 unspecified atom stereocenters. The molecule has 1 saturated heterocycles. The van der Waals surface area contributed by atoms with Crippen LogP contribution in [0.25, 0.3) is 0 Å². The molecule has 2 aromatic rings. The standard InChI is InChI=1S/C28H40N4O3S/c1-21(2)18-26(31(3)4)28(34)29-25(27(33)30-32-14-16-36-17-15-32)19-22-10-12-24(13-11-22)35-20-23-8-6-5-7-9-23/h5-13,21,25-26H,14-20H2,1-4H3,(H,29,34)(H,30,33)/t25-,26+/m0/s1. The summed E-state index contributed by atoms with van der Waals surface area (Å²) in [5.74, 6) is 2.80. The Kier molecular flexibility index (Phi) is 11.1. The number of carbonyl (C=O) groups excluding carboxylic acids is 2. The van der Waals surface area contributed by atoms with Crippen molar-refractivity contribution in [3.63, 3.8) is 0 Å². The van der Waals surface area contributed by atoms with Gasteiger partial charge in [-0.1, -0.05) is 56.3 Å². The Labute approximate surface area is 219 Å². The van der Waals surface area contributed by atoms with E-state index in [0.29, 0.717) is 18.9 Å². The summed E-state index contributed by atoms with van der Waals surface area (Å²) in [6.07, 6.45) is 1.13. The lowest BCUT2D eigenvalue weighted by molar-refractivity contribution is -0.134. The Morgan fingerprint density at radius 1 is 0.972 bits per heavy atom. The number of hydrazine groups is 1. The van der Waals surface area contributed by atoms with Crippen LogP contribution in [-0.4, -0.2) is 72.5 Å². The van der Waals surface area contributed by atoms with Crippen molar-refractivity contribution >= 4 is 23.6 Å². The van der Waals surface area contributed by atoms with Crippen molar-refractivity contribution < 1.29 is 14.3 Å². The minimum absolute atomic E-state index is 0.120. The molecule has 0 bridgehead atoms. The lowest BCUT2D eigenvalue weighted by Crippen LogP contribution is -2.57. The highest BCUT2D eigenvalue weighted by Gasteiger charge is 2.28. The van der Waals surface area contributed by atoms with E-state index in [1.807, 2.05) is 90.4 Å². The second kappa shape index (κ2) is 14.3. The molecule has 2 aromatic carbocycles. The van der Waals surface area contributed by atoms with E-state index in [4.69, 9.17) is 4.74 Å². The highest BCUT2D eigenvalue weighted by atomic mass is 32.2. The van der Waals surface area contributed by atoms with Crippen LogP contribution in [0.5, 0.6) is 5.75 Å². The van der Waals surface area contributed by atoms with Crippen LogP contribution in [0.4, 0.5) is 0 Å². The molecular formula is C28H40N4O3S. The molecule has 36 heavy (non-hydrogen) atoms. The lowest BCUT2D eigenvalue weighted by atomic mass is 10.0. The molecule has 1 aliphatic heterocycles. The van der Waals surface area contributed by atoms with Crippen molar-refractivity contribution in [2.75, 3.05) is 38.7 Å². The molecule has 1 heterocycles. The van der Waals surface area contributed by atoms with Gasteiger partial charge in [-0.15, -0.1) is 0 Å². The van der Waals surface area contributed by atoms with Gasteiger partial charge in [0, 0.05) is 31.0 Å². The normalized spacial score (nSPS) is 15.9. The quantitative estimate of drug-likeness (QED) is 0.454. The molecule has 2 atom stereocenters. The summed E-state index contributed by atoms with van der Waals surface area (Å²) in [4.78, 5) is 28.4. The van der Waals surface area contributed by atoms with E-state index < -0.39 is 6.04 Å². The summed E-state index contributed by atoms with van der Waals surface area (Å²) >= 11 is 1.88. The largest absolute Gasteiger partial charge is 0.489 e. The number of rotatable bonds is 12. The van der Waals surface area contributed by atoms with Gasteiger partial charge in [0.2, 0.25) is 5.91 Å². The molecule has 2 N–H and O–H groups in total. The number of nitrogens with zero attached hydrogens (tertiary/aromatic N) is 2. The molecule has 8 heteroatoms. The molecule has 0 aromatic heterocycles. The van der Waals surface area contributed by atoms with Gasteiger partial charge in [-0.05, 0) is 49.7 Å². The summed E-state index contributed by atoms with van der Waals surface area (Å²) in [5, 5.41) is 5.00. The molecule has 1 aliphatic rings. The summed E-state index contributed by atoms with van der Waals surface area (Å²) in [6.45, 7) is 6.31. The molecule has 1 fully saturated rings. The van der Waals surface area contributed by atoms with Gasteiger partial charge in [-0.2, -0.15) is 11.8 Å². The van der Waals surface area contributed by atoms with Crippen molar-refractivity contribution in [2.45, 2.75) is 45.4 Å². The SMILES string of the molecule is CC(C)C[C@H](C(=O)N[C@@H](Cc1ccc(OCc2ccccc2)cc1)C(=O)NN1CCSCC1)N(C)C. The monoisotopic (exact) mass is 512 g/mol. The first kappa shape index (κ1) is 28.0. The number of likely N-dealkylation sites (N-methyl/N-ethyl adjacent to an activating group) is 1. The van der Waals surface area contributed by atoms with Crippen molar-refractivity contribution in [1.29, 1.82) is 0 Å². The van der Waals surface area contributed by atoms with E-state index in [1.54, 1.807) is 0 Å². The molecular weight excluding hydrogens is 472 g/mol. The first-order valence-corrected chi connectivity index (χ1v) is 13.8. The van der Waals surface area contributed by atoms with Crippen LogP contribution in [0, 0.1) is 5.92 Å². The maximum Gasteiger partial charge on any atom is 0.257 e. The Morgan fingerprint density at radius 2 is 1.64 bits per heavy atom. The molecule has 2 amide bonds. The number of hydrogen-bond donors (Lipinski definition) is 2. The van der Waals surface area contributed by atoms with Crippen LogP contribution >= 0.6 is 11.8 Å². The van der Waals surface area contributed by atoms with E-state index in [1.165, 1.54) is 0 Å². The number of thioether (sulfide) groups is 1. The second-order valence-corrected chi connectivity index (χ2v) is 11.1. The van der Waals surface area contributed by atoms with E-state index in [2.05, 4.69) is 24.6 Å². The van der Waals surface area contributed by atoms with Gasteiger partial charge in [0.15, 0.2) is 0 Å². The van der Waals surface area contributed by atoms with Crippen LogP contribution in [0.3, 0.4) is 0 Å². The zero-order valence-electron chi connectivity index (χ0n) is 21.9. The maximum absolute atomic E-state index is 13.3. The summed E-state index contributed by atoms with van der Waals surface area (Å²) in [6, 6.07) is 16.8. The molecule has 3 rings (SSSR count). The average Bonchev–Trinajstić information content (AvgIpc) is 2.87. The third-order valence-corrected chi connectivity index (χ3v) is 7.09. The first-order chi connectivity index (χ1) is 17.3. The van der Waals surface area contributed by atoms with E-state index in [-0.39, 0.29) is 17.9 Å². The van der Waals surface area contributed by atoms with Gasteiger partial charge in [0.1, 0.15) is 18.4 Å². The Bertz CT molecular complexity index is 947. The third kappa shape index (κ3) is 9.15. The van der Waals surface area contributed by atoms with Gasteiger partial charge < -0.3 is 10.1 Å². The van der Waals surface area contributed by atoms with Crippen molar-refractivity contribution in [1.82, 2.24) is 20.7 Å². The summed E-state index contributed by atoms with van der Waals surface area (Å²) < 4.78 is 5.90. The molecule has 0 radical (unpaired) electrons. The fraction of sp³-hybridized carbons (Fsp3) is 0.500. The van der Waals surface area contributed by atoms with Gasteiger partial charge in [0.05, 0.1) is 6.04 Å². The third-order valence-electron chi connectivity index (χ3n) is 6.14. The molecule has 0 spiro atoms. The lowest BCUT2D eigenvalue weighted by Gasteiger charge is -2.30. The van der Waals surface area contributed by atoms with Crippen LogP contribution in [0.2, 0.25) is 0 Å². The minimum atomic E-state index is -0.669.